The SMILES string of the molecule is C=C/C(=C\C=C\C(=O)OC)Cn1c(/C=C(\Cc2cccs2)C(=O)OC)cnc1CCCC.CC. The van der Waals surface area contributed by atoms with Crippen molar-refractivity contribution in [1.82, 2.24) is 9.55 Å². The second-order valence-corrected chi connectivity index (χ2v) is 8.07. The maximum absolute atomic E-state index is 12.4. The second kappa shape index (κ2) is 16.4. The van der Waals surface area contributed by atoms with Gasteiger partial charge in [-0.15, -0.1) is 11.3 Å². The zero-order valence-corrected chi connectivity index (χ0v) is 21.7. The molecule has 2 aromatic rings. The number of hydrogen-bond acceptors (Lipinski definition) is 6. The van der Waals surface area contributed by atoms with Gasteiger partial charge in [0.05, 0.1) is 26.1 Å². The van der Waals surface area contributed by atoms with E-state index in [9.17, 15) is 9.59 Å². The lowest BCUT2D eigenvalue weighted by molar-refractivity contribution is -0.136. The Morgan fingerprint density at radius 1 is 1.24 bits per heavy atom. The maximum Gasteiger partial charge on any atom is 0.334 e. The van der Waals surface area contributed by atoms with E-state index in [0.29, 0.717) is 18.5 Å². The highest BCUT2D eigenvalue weighted by Gasteiger charge is 2.15. The monoisotopic (exact) mass is 484 g/mol. The fourth-order valence-corrected chi connectivity index (χ4v) is 3.77. The third-order valence-electron chi connectivity index (χ3n) is 4.78. The van der Waals surface area contributed by atoms with Gasteiger partial charge in [-0.25, -0.2) is 14.6 Å². The van der Waals surface area contributed by atoms with Gasteiger partial charge in [-0.2, -0.15) is 0 Å². The van der Waals surface area contributed by atoms with Crippen molar-refractivity contribution < 1.29 is 19.1 Å². The standard InChI is InChI=1S/C25H30N2O4S.C2H6/c1-5-7-12-23-26-17-21(15-20(25(29)31-4)16-22-11-9-14-32-22)27(23)18-19(6-2)10-8-13-24(28)30-3;1-2/h6,8-11,13-15,17H,2,5,7,12,16,18H2,1,3-4H3;1-2H3/b13-8+,19-10+,20-15+;. The molecular formula is C27H36N2O4S. The number of aromatic nitrogens is 2. The third-order valence-corrected chi connectivity index (χ3v) is 5.66. The zero-order chi connectivity index (χ0) is 25.3. The van der Waals surface area contributed by atoms with Crippen molar-refractivity contribution in [3.63, 3.8) is 0 Å². The lowest BCUT2D eigenvalue weighted by atomic mass is 10.1. The van der Waals surface area contributed by atoms with E-state index >= 15 is 0 Å². The van der Waals surface area contributed by atoms with Gasteiger partial charge in [0.15, 0.2) is 0 Å². The average molecular weight is 485 g/mol. The third kappa shape index (κ3) is 9.35. The molecule has 2 aromatic heterocycles. The van der Waals surface area contributed by atoms with Crippen molar-refractivity contribution in [2.45, 2.75) is 53.0 Å². The maximum atomic E-state index is 12.4. The van der Waals surface area contributed by atoms with E-state index in [0.717, 1.165) is 41.2 Å². The summed E-state index contributed by atoms with van der Waals surface area (Å²) < 4.78 is 11.7. The van der Waals surface area contributed by atoms with Crippen LogP contribution in [-0.2, 0) is 38.4 Å². The Bertz CT molecular complexity index is 998. The van der Waals surface area contributed by atoms with Crippen LogP contribution in [0.25, 0.3) is 6.08 Å². The Hall–Kier alpha value is -3.19. The predicted octanol–water partition coefficient (Wildman–Crippen LogP) is 5.95. The second-order valence-electron chi connectivity index (χ2n) is 7.03. The van der Waals surface area contributed by atoms with Gasteiger partial charge in [-0.3, -0.25) is 0 Å². The molecule has 0 aliphatic carbocycles. The highest BCUT2D eigenvalue weighted by atomic mass is 32.1. The molecule has 0 radical (unpaired) electrons. The Morgan fingerprint density at radius 3 is 2.59 bits per heavy atom. The molecule has 0 spiro atoms. The van der Waals surface area contributed by atoms with Crippen molar-refractivity contribution in [2.75, 3.05) is 14.2 Å². The molecule has 184 valence electrons. The molecule has 34 heavy (non-hydrogen) atoms. The lowest BCUT2D eigenvalue weighted by Crippen LogP contribution is -2.10. The fourth-order valence-electron chi connectivity index (χ4n) is 3.04. The molecule has 2 heterocycles. The number of methoxy groups -OCH3 is 2. The highest BCUT2D eigenvalue weighted by molar-refractivity contribution is 7.09. The molecule has 2 rings (SSSR count). The average Bonchev–Trinajstić information content (AvgIpc) is 3.52. The van der Waals surface area contributed by atoms with Crippen LogP contribution in [0, 0.1) is 0 Å². The molecule has 0 aliphatic heterocycles. The zero-order valence-electron chi connectivity index (χ0n) is 20.9. The number of imidazole rings is 1. The van der Waals surface area contributed by atoms with Crippen LogP contribution in [0.1, 0.15) is 50.0 Å². The molecule has 0 amide bonds. The van der Waals surface area contributed by atoms with Crippen LogP contribution in [0.3, 0.4) is 0 Å². The molecule has 0 bridgehead atoms. The number of allylic oxidation sites excluding steroid dienone is 4. The summed E-state index contributed by atoms with van der Waals surface area (Å²) in [6.07, 6.45) is 13.6. The molecule has 0 fully saturated rings. The number of hydrogen-bond donors (Lipinski definition) is 0. The van der Waals surface area contributed by atoms with Crippen molar-refractivity contribution >= 4 is 29.4 Å². The number of carbonyl (C=O) groups is 2. The van der Waals surface area contributed by atoms with E-state index in [1.54, 1.807) is 29.7 Å². The van der Waals surface area contributed by atoms with Gasteiger partial charge < -0.3 is 14.0 Å². The smallest absolute Gasteiger partial charge is 0.334 e. The van der Waals surface area contributed by atoms with E-state index in [-0.39, 0.29) is 5.97 Å². The van der Waals surface area contributed by atoms with Gasteiger partial charge in [0.2, 0.25) is 0 Å². The van der Waals surface area contributed by atoms with Crippen LogP contribution in [0.15, 0.2) is 65.7 Å². The molecule has 0 N–H and O–H groups in total. The Morgan fingerprint density at radius 2 is 2.00 bits per heavy atom. The number of ether oxygens (including phenoxy) is 2. The van der Waals surface area contributed by atoms with E-state index in [1.165, 1.54) is 20.3 Å². The lowest BCUT2D eigenvalue weighted by Gasteiger charge is -2.12. The number of carbonyl (C=O) groups excluding carboxylic acids is 2. The summed E-state index contributed by atoms with van der Waals surface area (Å²) in [5, 5.41) is 1.99. The Labute approximate surface area is 207 Å². The van der Waals surface area contributed by atoms with Crippen LogP contribution in [-0.4, -0.2) is 35.7 Å². The van der Waals surface area contributed by atoms with Gasteiger partial charge in [-0.1, -0.05) is 58.1 Å². The first kappa shape index (κ1) is 28.8. The van der Waals surface area contributed by atoms with E-state index < -0.39 is 5.97 Å². The van der Waals surface area contributed by atoms with Crippen LogP contribution in [0.5, 0.6) is 0 Å². The first-order valence-electron chi connectivity index (χ1n) is 11.5. The number of nitrogens with zero attached hydrogens (tertiary/aromatic N) is 2. The summed E-state index contributed by atoms with van der Waals surface area (Å²) >= 11 is 1.60. The number of esters is 2. The first-order chi connectivity index (χ1) is 16.5. The van der Waals surface area contributed by atoms with Gasteiger partial charge >= 0.3 is 11.9 Å². The summed E-state index contributed by atoms with van der Waals surface area (Å²) in [7, 11) is 2.73. The molecular weight excluding hydrogens is 448 g/mol. The fraction of sp³-hybridized carbons (Fsp3) is 0.370. The largest absolute Gasteiger partial charge is 0.466 e. The van der Waals surface area contributed by atoms with Crippen LogP contribution in [0.2, 0.25) is 0 Å². The molecule has 0 aliphatic rings. The topological polar surface area (TPSA) is 70.4 Å². The quantitative estimate of drug-likeness (QED) is 0.211. The van der Waals surface area contributed by atoms with E-state index in [1.807, 2.05) is 43.5 Å². The highest BCUT2D eigenvalue weighted by Crippen LogP contribution is 2.20. The first-order valence-corrected chi connectivity index (χ1v) is 12.3. The minimum Gasteiger partial charge on any atom is -0.466 e. The minimum atomic E-state index is -0.421. The summed E-state index contributed by atoms with van der Waals surface area (Å²) in [6.45, 7) is 10.5. The predicted molar refractivity (Wildman–Crippen MR) is 140 cm³/mol. The summed E-state index contributed by atoms with van der Waals surface area (Å²) in [5.41, 5.74) is 2.28. The normalized spacial score (nSPS) is 11.7. The number of aryl methyl sites for hydroxylation is 1. The minimum absolute atomic E-state index is 0.359. The van der Waals surface area contributed by atoms with Crippen molar-refractivity contribution in [3.8, 4) is 0 Å². The van der Waals surface area contributed by atoms with E-state index in [2.05, 4.69) is 27.8 Å². The molecule has 0 saturated heterocycles. The van der Waals surface area contributed by atoms with Gasteiger partial charge in [0, 0.05) is 35.9 Å². The number of rotatable bonds is 12. The molecule has 7 heteroatoms. The van der Waals surface area contributed by atoms with Crippen LogP contribution in [0.4, 0.5) is 0 Å². The van der Waals surface area contributed by atoms with Crippen molar-refractivity contribution in [1.29, 1.82) is 0 Å². The molecule has 0 aromatic carbocycles. The number of unbranched alkanes of at least 4 members (excludes halogenated alkanes) is 1. The van der Waals surface area contributed by atoms with Gasteiger partial charge in [0.1, 0.15) is 5.82 Å². The van der Waals surface area contributed by atoms with Crippen molar-refractivity contribution in [2.24, 2.45) is 0 Å². The molecule has 0 saturated carbocycles. The molecule has 6 nitrogen and oxygen atoms in total. The number of thiophene rings is 1. The Balaban J connectivity index is 0.00000281. The molecule has 0 unspecified atom stereocenters. The molecule has 0 atom stereocenters. The van der Waals surface area contributed by atoms with Crippen LogP contribution >= 0.6 is 11.3 Å². The van der Waals surface area contributed by atoms with Gasteiger partial charge in [-0.05, 0) is 29.5 Å². The van der Waals surface area contributed by atoms with E-state index in [4.69, 9.17) is 4.74 Å². The van der Waals surface area contributed by atoms with Crippen LogP contribution < -0.4 is 0 Å². The summed E-state index contributed by atoms with van der Waals surface area (Å²) in [6, 6.07) is 3.96. The van der Waals surface area contributed by atoms with Gasteiger partial charge in [0.25, 0.3) is 0 Å². The Kier molecular flexibility index (Phi) is 13.9. The summed E-state index contributed by atoms with van der Waals surface area (Å²) in [5.74, 6) is 0.153. The summed E-state index contributed by atoms with van der Waals surface area (Å²) in [4.78, 5) is 29.5. The van der Waals surface area contributed by atoms with Crippen molar-refractivity contribution in [3.05, 3.63) is 82.1 Å².